The Hall–Kier alpha value is -1.57. The minimum Gasteiger partial charge on any atom is -0.497 e. The molecule has 0 fully saturated rings. The van der Waals surface area contributed by atoms with Gasteiger partial charge in [0.2, 0.25) is 0 Å². The molecule has 0 aromatic heterocycles. The van der Waals surface area contributed by atoms with Crippen LogP contribution in [0.15, 0.2) is 35.5 Å². The maximum atomic E-state index is 5.20. The van der Waals surface area contributed by atoms with Gasteiger partial charge in [-0.2, -0.15) is 0 Å². The average Bonchev–Trinajstić information content (AvgIpc) is 2.30. The molecule has 0 radical (unpaired) electrons. The average molecular weight is 201 g/mol. The van der Waals surface area contributed by atoms with Crippen molar-refractivity contribution >= 4 is 11.3 Å². The van der Waals surface area contributed by atoms with E-state index in [0.717, 1.165) is 18.6 Å². The van der Waals surface area contributed by atoms with Crippen molar-refractivity contribution in [2.45, 2.75) is 19.8 Å². The summed E-state index contributed by atoms with van der Waals surface area (Å²) in [4.78, 5) is 4.36. The Labute approximate surface area is 90.3 Å². The van der Waals surface area contributed by atoms with E-state index in [2.05, 4.69) is 24.0 Å². The third kappa shape index (κ3) is 2.27. The highest BCUT2D eigenvalue weighted by Gasteiger charge is 2.07. The van der Waals surface area contributed by atoms with Gasteiger partial charge in [-0.3, -0.25) is 4.99 Å². The van der Waals surface area contributed by atoms with Gasteiger partial charge < -0.3 is 4.74 Å². The molecule has 0 spiro atoms. The molecule has 1 aliphatic rings. The molecular formula is C13H15NO. The second kappa shape index (κ2) is 4.30. The van der Waals surface area contributed by atoms with Crippen LogP contribution >= 0.6 is 0 Å². The first-order valence-corrected chi connectivity index (χ1v) is 5.16. The molecule has 2 rings (SSSR count). The predicted octanol–water partition coefficient (Wildman–Crippen LogP) is 3.29. The first-order chi connectivity index (χ1) is 7.29. The molecule has 0 atom stereocenters. The van der Waals surface area contributed by atoms with Crippen LogP contribution in [0, 0.1) is 0 Å². The first-order valence-electron chi connectivity index (χ1n) is 5.16. The summed E-state index contributed by atoms with van der Waals surface area (Å²) >= 11 is 0. The minimum absolute atomic E-state index is 0.902. The topological polar surface area (TPSA) is 21.6 Å². The van der Waals surface area contributed by atoms with Crippen LogP contribution in [0.5, 0.6) is 5.75 Å². The second-order valence-electron chi connectivity index (χ2n) is 3.75. The van der Waals surface area contributed by atoms with Crippen molar-refractivity contribution in [1.29, 1.82) is 0 Å². The molecule has 15 heavy (non-hydrogen) atoms. The SMILES string of the molecule is COc1cccc(C2=CN=C(C)CC2)c1. The number of ether oxygens (including phenoxy) is 1. The zero-order valence-corrected chi connectivity index (χ0v) is 9.16. The normalized spacial score (nSPS) is 15.6. The maximum Gasteiger partial charge on any atom is 0.119 e. The van der Waals surface area contributed by atoms with Crippen LogP contribution in [0.1, 0.15) is 25.3 Å². The van der Waals surface area contributed by atoms with E-state index in [4.69, 9.17) is 4.74 Å². The van der Waals surface area contributed by atoms with Gasteiger partial charge in [-0.15, -0.1) is 0 Å². The highest BCUT2D eigenvalue weighted by Crippen LogP contribution is 2.26. The van der Waals surface area contributed by atoms with Crippen LogP contribution in [0.25, 0.3) is 5.57 Å². The highest BCUT2D eigenvalue weighted by molar-refractivity contribution is 5.87. The van der Waals surface area contributed by atoms with Gasteiger partial charge in [0, 0.05) is 11.9 Å². The van der Waals surface area contributed by atoms with Crippen molar-refractivity contribution in [1.82, 2.24) is 0 Å². The van der Waals surface area contributed by atoms with E-state index in [0.29, 0.717) is 0 Å². The number of nitrogens with zero attached hydrogens (tertiary/aromatic N) is 1. The third-order valence-electron chi connectivity index (χ3n) is 2.64. The molecule has 0 bridgehead atoms. The molecule has 78 valence electrons. The quantitative estimate of drug-likeness (QED) is 0.719. The lowest BCUT2D eigenvalue weighted by Crippen LogP contribution is -1.98. The highest BCUT2D eigenvalue weighted by atomic mass is 16.5. The number of rotatable bonds is 2. The van der Waals surface area contributed by atoms with Gasteiger partial charge in [-0.05, 0) is 43.0 Å². The summed E-state index contributed by atoms with van der Waals surface area (Å²) in [6.07, 6.45) is 4.10. The van der Waals surface area contributed by atoms with Crippen molar-refractivity contribution in [2.24, 2.45) is 4.99 Å². The Morgan fingerprint density at radius 3 is 2.80 bits per heavy atom. The Bertz CT molecular complexity index is 418. The van der Waals surface area contributed by atoms with Crippen molar-refractivity contribution < 1.29 is 4.74 Å². The molecule has 1 heterocycles. The number of benzene rings is 1. The second-order valence-corrected chi connectivity index (χ2v) is 3.75. The molecule has 0 unspecified atom stereocenters. The summed E-state index contributed by atoms with van der Waals surface area (Å²) < 4.78 is 5.20. The van der Waals surface area contributed by atoms with E-state index in [1.807, 2.05) is 18.3 Å². The standard InChI is InChI=1S/C13H15NO/c1-10-6-7-12(9-14-10)11-4-3-5-13(8-11)15-2/h3-5,8-9H,6-7H2,1-2H3. The number of methoxy groups -OCH3 is 1. The molecule has 0 N–H and O–H groups in total. The number of hydrogen-bond acceptors (Lipinski definition) is 2. The zero-order valence-electron chi connectivity index (χ0n) is 9.16. The number of hydrogen-bond donors (Lipinski definition) is 0. The summed E-state index contributed by atoms with van der Waals surface area (Å²) in [5.74, 6) is 0.902. The van der Waals surface area contributed by atoms with Crippen LogP contribution in [-0.2, 0) is 0 Å². The predicted molar refractivity (Wildman–Crippen MR) is 63.3 cm³/mol. The molecule has 1 aliphatic heterocycles. The molecule has 2 heteroatoms. The maximum absolute atomic E-state index is 5.20. The Balaban J connectivity index is 2.30. The number of aliphatic imine (C=N–C) groups is 1. The van der Waals surface area contributed by atoms with Crippen LogP contribution in [0.4, 0.5) is 0 Å². The fourth-order valence-electron chi connectivity index (χ4n) is 1.67. The molecule has 0 saturated heterocycles. The molecule has 0 amide bonds. The van der Waals surface area contributed by atoms with Crippen molar-refractivity contribution in [3.05, 3.63) is 36.0 Å². The Kier molecular flexibility index (Phi) is 2.86. The molecule has 0 aliphatic carbocycles. The van der Waals surface area contributed by atoms with Gasteiger partial charge in [-0.25, -0.2) is 0 Å². The summed E-state index contributed by atoms with van der Waals surface area (Å²) in [5, 5.41) is 0. The lowest BCUT2D eigenvalue weighted by molar-refractivity contribution is 0.414. The molecule has 0 saturated carbocycles. The van der Waals surface area contributed by atoms with Gasteiger partial charge in [0.05, 0.1) is 7.11 Å². The van der Waals surface area contributed by atoms with Crippen LogP contribution < -0.4 is 4.74 Å². The third-order valence-corrected chi connectivity index (χ3v) is 2.64. The smallest absolute Gasteiger partial charge is 0.119 e. The van der Waals surface area contributed by atoms with E-state index in [1.54, 1.807) is 7.11 Å². The van der Waals surface area contributed by atoms with Crippen LogP contribution in [0.2, 0.25) is 0 Å². The van der Waals surface area contributed by atoms with Gasteiger partial charge in [0.1, 0.15) is 5.75 Å². The van der Waals surface area contributed by atoms with Gasteiger partial charge in [0.25, 0.3) is 0 Å². The summed E-state index contributed by atoms with van der Waals surface area (Å²) in [6, 6.07) is 8.13. The fourth-order valence-corrected chi connectivity index (χ4v) is 1.67. The first kappa shape index (κ1) is 9.97. The van der Waals surface area contributed by atoms with E-state index >= 15 is 0 Å². The van der Waals surface area contributed by atoms with Gasteiger partial charge in [0.15, 0.2) is 0 Å². The van der Waals surface area contributed by atoms with Crippen molar-refractivity contribution in [3.8, 4) is 5.75 Å². The lowest BCUT2D eigenvalue weighted by Gasteiger charge is -2.12. The van der Waals surface area contributed by atoms with Crippen LogP contribution in [0.3, 0.4) is 0 Å². The Morgan fingerprint density at radius 1 is 1.27 bits per heavy atom. The largest absolute Gasteiger partial charge is 0.497 e. The Morgan fingerprint density at radius 2 is 2.13 bits per heavy atom. The molecule has 1 aromatic rings. The fraction of sp³-hybridized carbons (Fsp3) is 0.308. The summed E-state index contributed by atoms with van der Waals surface area (Å²) in [6.45, 7) is 2.07. The number of allylic oxidation sites excluding steroid dienone is 1. The van der Waals surface area contributed by atoms with E-state index < -0.39 is 0 Å². The summed E-state index contributed by atoms with van der Waals surface area (Å²) in [5.41, 5.74) is 3.71. The molecule has 1 aromatic carbocycles. The molecule has 2 nitrogen and oxygen atoms in total. The van der Waals surface area contributed by atoms with E-state index in [1.165, 1.54) is 16.8 Å². The van der Waals surface area contributed by atoms with Gasteiger partial charge in [-0.1, -0.05) is 12.1 Å². The minimum atomic E-state index is 0.902. The van der Waals surface area contributed by atoms with E-state index in [9.17, 15) is 0 Å². The van der Waals surface area contributed by atoms with Crippen molar-refractivity contribution in [2.75, 3.05) is 7.11 Å². The van der Waals surface area contributed by atoms with Gasteiger partial charge >= 0.3 is 0 Å². The monoisotopic (exact) mass is 201 g/mol. The van der Waals surface area contributed by atoms with Crippen LogP contribution in [-0.4, -0.2) is 12.8 Å². The van der Waals surface area contributed by atoms with E-state index in [-0.39, 0.29) is 0 Å². The molecular weight excluding hydrogens is 186 g/mol. The summed E-state index contributed by atoms with van der Waals surface area (Å²) in [7, 11) is 1.69. The van der Waals surface area contributed by atoms with Crippen molar-refractivity contribution in [3.63, 3.8) is 0 Å². The zero-order chi connectivity index (χ0) is 10.7. The lowest BCUT2D eigenvalue weighted by atomic mass is 9.99.